The Morgan fingerprint density at radius 3 is 1.97 bits per heavy atom. The molecule has 2 aromatic heterocycles. The standard InChI is InChI=1S/C24H17N3O3/c28-22(18-6-2-1-3-7-18)19-8-4-5-17(13-19)15-21-24(30)26-20(23(29)27-21)14-16-9-11-25-12-10-16/h1-15H,(H,26,30)(H,27,29)/b20-14-,21-15-. The SMILES string of the molecule is O=C(c1ccccc1)c1cccc(/C=c2\[nH]c(=O)/c(=C/c3ccncc3)[nH]c2=O)c1. The van der Waals surface area contributed by atoms with E-state index in [0.717, 1.165) is 5.56 Å². The van der Waals surface area contributed by atoms with Crippen molar-refractivity contribution in [1.82, 2.24) is 15.0 Å². The molecule has 0 aliphatic heterocycles. The number of aromatic amines is 2. The number of nitrogens with zero attached hydrogens (tertiary/aromatic N) is 1. The van der Waals surface area contributed by atoms with Gasteiger partial charge in [-0.05, 0) is 41.5 Å². The summed E-state index contributed by atoms with van der Waals surface area (Å²) in [5.74, 6) is -0.115. The maximum atomic E-state index is 12.6. The molecule has 0 radical (unpaired) electrons. The molecule has 0 saturated carbocycles. The van der Waals surface area contributed by atoms with E-state index in [0.29, 0.717) is 16.7 Å². The van der Waals surface area contributed by atoms with E-state index in [4.69, 9.17) is 0 Å². The molecule has 30 heavy (non-hydrogen) atoms. The van der Waals surface area contributed by atoms with Crippen molar-refractivity contribution >= 4 is 17.9 Å². The first-order chi connectivity index (χ1) is 14.6. The molecule has 0 aliphatic carbocycles. The van der Waals surface area contributed by atoms with E-state index in [2.05, 4.69) is 15.0 Å². The third-order valence-corrected chi connectivity index (χ3v) is 4.50. The van der Waals surface area contributed by atoms with Gasteiger partial charge in [-0.15, -0.1) is 0 Å². The van der Waals surface area contributed by atoms with Crippen LogP contribution in [0.2, 0.25) is 0 Å². The Labute approximate surface area is 170 Å². The summed E-state index contributed by atoms with van der Waals surface area (Å²) in [5.41, 5.74) is 1.59. The summed E-state index contributed by atoms with van der Waals surface area (Å²) in [5, 5.41) is 0.257. The molecule has 6 heteroatoms. The fourth-order valence-electron chi connectivity index (χ4n) is 3.01. The maximum Gasteiger partial charge on any atom is 0.272 e. The van der Waals surface area contributed by atoms with Crippen molar-refractivity contribution in [3.8, 4) is 0 Å². The van der Waals surface area contributed by atoms with Gasteiger partial charge >= 0.3 is 0 Å². The minimum Gasteiger partial charge on any atom is -0.316 e. The van der Waals surface area contributed by atoms with Gasteiger partial charge in [0.05, 0.1) is 0 Å². The average molecular weight is 395 g/mol. The number of H-pyrrole nitrogens is 2. The molecule has 4 aromatic rings. The van der Waals surface area contributed by atoms with Gasteiger partial charge in [-0.25, -0.2) is 0 Å². The minimum atomic E-state index is -0.435. The first-order valence-electron chi connectivity index (χ1n) is 9.26. The highest BCUT2D eigenvalue weighted by molar-refractivity contribution is 6.09. The van der Waals surface area contributed by atoms with E-state index < -0.39 is 11.1 Å². The van der Waals surface area contributed by atoms with Gasteiger partial charge in [0.2, 0.25) is 0 Å². The number of hydrogen-bond acceptors (Lipinski definition) is 4. The maximum absolute atomic E-state index is 12.6. The van der Waals surface area contributed by atoms with Crippen LogP contribution in [0.3, 0.4) is 0 Å². The number of pyridine rings is 1. The lowest BCUT2D eigenvalue weighted by Gasteiger charge is -2.02. The highest BCUT2D eigenvalue weighted by atomic mass is 16.1. The number of carbonyl (C=O) groups is 1. The van der Waals surface area contributed by atoms with Crippen molar-refractivity contribution in [3.63, 3.8) is 0 Å². The minimum absolute atomic E-state index is 0.108. The number of carbonyl (C=O) groups excluding carboxylic acids is 1. The average Bonchev–Trinajstić information content (AvgIpc) is 2.78. The summed E-state index contributed by atoms with van der Waals surface area (Å²) in [7, 11) is 0. The van der Waals surface area contributed by atoms with E-state index in [9.17, 15) is 14.4 Å². The van der Waals surface area contributed by atoms with Gasteiger partial charge in [-0.3, -0.25) is 19.4 Å². The molecule has 2 heterocycles. The Kier molecular flexibility index (Phi) is 5.30. The van der Waals surface area contributed by atoms with E-state index in [1.54, 1.807) is 79.1 Å². The van der Waals surface area contributed by atoms with E-state index >= 15 is 0 Å². The molecule has 0 saturated heterocycles. The first-order valence-corrected chi connectivity index (χ1v) is 9.26. The lowest BCUT2D eigenvalue weighted by atomic mass is 10.0. The summed E-state index contributed by atoms with van der Waals surface area (Å²) < 4.78 is 0. The van der Waals surface area contributed by atoms with Gasteiger partial charge in [0.1, 0.15) is 10.7 Å². The summed E-state index contributed by atoms with van der Waals surface area (Å²) >= 11 is 0. The van der Waals surface area contributed by atoms with Crippen molar-refractivity contribution in [3.05, 3.63) is 133 Å². The molecule has 2 aromatic carbocycles. The molecule has 0 atom stereocenters. The fourth-order valence-corrected chi connectivity index (χ4v) is 3.01. The Morgan fingerprint density at radius 1 is 0.700 bits per heavy atom. The van der Waals surface area contributed by atoms with Crippen LogP contribution in [0.5, 0.6) is 0 Å². The van der Waals surface area contributed by atoms with Gasteiger partial charge in [0.25, 0.3) is 11.1 Å². The predicted molar refractivity (Wildman–Crippen MR) is 115 cm³/mol. The second kappa shape index (κ2) is 8.36. The quantitative estimate of drug-likeness (QED) is 0.510. The third-order valence-electron chi connectivity index (χ3n) is 4.50. The van der Waals surface area contributed by atoms with Crippen LogP contribution >= 0.6 is 0 Å². The normalized spacial score (nSPS) is 12.1. The van der Waals surface area contributed by atoms with Gasteiger partial charge in [0, 0.05) is 23.5 Å². The van der Waals surface area contributed by atoms with E-state index in [-0.39, 0.29) is 16.5 Å². The van der Waals surface area contributed by atoms with Crippen LogP contribution < -0.4 is 21.8 Å². The molecule has 6 nitrogen and oxygen atoms in total. The van der Waals surface area contributed by atoms with Gasteiger partial charge in [0.15, 0.2) is 5.78 Å². The molecular weight excluding hydrogens is 378 g/mol. The number of nitrogens with one attached hydrogen (secondary N) is 2. The van der Waals surface area contributed by atoms with Gasteiger partial charge < -0.3 is 9.97 Å². The summed E-state index contributed by atoms with van der Waals surface area (Å²) in [6.45, 7) is 0. The zero-order valence-electron chi connectivity index (χ0n) is 15.8. The topological polar surface area (TPSA) is 95.7 Å². The van der Waals surface area contributed by atoms with Crippen molar-refractivity contribution in [2.75, 3.05) is 0 Å². The van der Waals surface area contributed by atoms with Crippen LogP contribution in [0.1, 0.15) is 27.0 Å². The highest BCUT2D eigenvalue weighted by Crippen LogP contribution is 2.12. The lowest BCUT2D eigenvalue weighted by Crippen LogP contribution is -2.46. The Hall–Kier alpha value is -4.32. The Balaban J connectivity index is 1.73. The molecule has 0 fully saturated rings. The zero-order chi connectivity index (χ0) is 20.9. The van der Waals surface area contributed by atoms with Crippen LogP contribution in [-0.2, 0) is 0 Å². The number of hydrogen-bond donors (Lipinski definition) is 2. The summed E-state index contributed by atoms with van der Waals surface area (Å²) in [6, 6.07) is 19.3. The molecular formula is C24H17N3O3. The number of benzene rings is 2. The monoisotopic (exact) mass is 395 g/mol. The molecule has 0 unspecified atom stereocenters. The fraction of sp³-hybridized carbons (Fsp3) is 0. The molecule has 0 spiro atoms. The van der Waals surface area contributed by atoms with Gasteiger partial charge in [-0.2, -0.15) is 0 Å². The molecule has 0 aliphatic rings. The van der Waals surface area contributed by atoms with E-state index in [1.807, 2.05) is 6.07 Å². The van der Waals surface area contributed by atoms with Crippen molar-refractivity contribution in [2.45, 2.75) is 0 Å². The molecule has 2 N–H and O–H groups in total. The third kappa shape index (κ3) is 4.23. The largest absolute Gasteiger partial charge is 0.316 e. The zero-order valence-corrected chi connectivity index (χ0v) is 15.8. The first kappa shape index (κ1) is 19.0. The number of aromatic nitrogens is 3. The van der Waals surface area contributed by atoms with Crippen LogP contribution in [0.4, 0.5) is 0 Å². The van der Waals surface area contributed by atoms with Crippen LogP contribution in [0.25, 0.3) is 12.2 Å². The second-order valence-electron chi connectivity index (χ2n) is 6.63. The number of ketones is 1. The van der Waals surface area contributed by atoms with Crippen LogP contribution in [0, 0.1) is 0 Å². The molecule has 4 rings (SSSR count). The summed E-state index contributed by atoms with van der Waals surface area (Å²) in [4.78, 5) is 46.6. The Bertz CT molecular complexity index is 1440. The molecule has 0 bridgehead atoms. The van der Waals surface area contributed by atoms with Crippen molar-refractivity contribution in [1.29, 1.82) is 0 Å². The van der Waals surface area contributed by atoms with Crippen molar-refractivity contribution in [2.24, 2.45) is 0 Å². The second-order valence-corrected chi connectivity index (χ2v) is 6.63. The smallest absolute Gasteiger partial charge is 0.272 e. The predicted octanol–water partition coefficient (Wildman–Crippen LogP) is 1.35. The van der Waals surface area contributed by atoms with Crippen molar-refractivity contribution < 1.29 is 4.79 Å². The summed E-state index contributed by atoms with van der Waals surface area (Å²) in [6.07, 6.45) is 6.32. The highest BCUT2D eigenvalue weighted by Gasteiger charge is 2.08. The number of rotatable bonds is 4. The van der Waals surface area contributed by atoms with E-state index in [1.165, 1.54) is 6.08 Å². The van der Waals surface area contributed by atoms with Gasteiger partial charge in [-0.1, -0.05) is 48.5 Å². The lowest BCUT2D eigenvalue weighted by molar-refractivity contribution is 0.103. The van der Waals surface area contributed by atoms with Crippen LogP contribution in [-0.4, -0.2) is 20.7 Å². The molecule has 0 amide bonds. The molecule has 146 valence electrons. The Morgan fingerprint density at radius 2 is 1.30 bits per heavy atom. The van der Waals surface area contributed by atoms with Crippen LogP contribution in [0.15, 0.2) is 88.7 Å².